The third-order valence-electron chi connectivity index (χ3n) is 5.14. The van der Waals surface area contributed by atoms with Gasteiger partial charge in [-0.2, -0.15) is 0 Å². The normalized spacial score (nSPS) is 17.9. The molecule has 0 unspecified atom stereocenters. The van der Waals surface area contributed by atoms with E-state index in [4.69, 9.17) is 20.9 Å². The third kappa shape index (κ3) is 3.57. The number of carbonyl (C=O) groups is 2. The van der Waals surface area contributed by atoms with Crippen molar-refractivity contribution in [2.45, 2.75) is 19.9 Å². The predicted octanol–water partition coefficient (Wildman–Crippen LogP) is 4.58. The van der Waals surface area contributed by atoms with E-state index < -0.39 is 17.7 Å². The van der Waals surface area contributed by atoms with Gasteiger partial charge in [0.2, 0.25) is 0 Å². The lowest BCUT2D eigenvalue weighted by Crippen LogP contribution is -2.29. The van der Waals surface area contributed by atoms with Crippen LogP contribution in [0, 0.1) is 13.8 Å². The van der Waals surface area contributed by atoms with Gasteiger partial charge in [0.15, 0.2) is 5.82 Å². The van der Waals surface area contributed by atoms with Gasteiger partial charge >= 0.3 is 5.91 Å². The number of benzene rings is 2. The summed E-state index contributed by atoms with van der Waals surface area (Å²) < 4.78 is 10.4. The maximum atomic E-state index is 13.1. The largest absolute Gasteiger partial charge is 0.507 e. The summed E-state index contributed by atoms with van der Waals surface area (Å²) in [7, 11) is 1.55. The molecule has 0 aliphatic carbocycles. The smallest absolute Gasteiger partial charge is 0.301 e. The topological polar surface area (TPSA) is 92.9 Å². The second-order valence-corrected chi connectivity index (χ2v) is 7.64. The number of amides is 1. The number of aryl methyl sites for hydroxylation is 2. The van der Waals surface area contributed by atoms with Gasteiger partial charge in [0, 0.05) is 16.7 Å². The van der Waals surface area contributed by atoms with E-state index in [9.17, 15) is 14.7 Å². The van der Waals surface area contributed by atoms with Gasteiger partial charge in [-0.1, -0.05) is 28.9 Å². The summed E-state index contributed by atoms with van der Waals surface area (Å²) >= 11 is 6.18. The van der Waals surface area contributed by atoms with E-state index in [0.29, 0.717) is 27.7 Å². The Morgan fingerprint density at radius 1 is 1.16 bits per heavy atom. The van der Waals surface area contributed by atoms with Gasteiger partial charge in [-0.25, -0.2) is 0 Å². The fourth-order valence-electron chi connectivity index (χ4n) is 3.71. The van der Waals surface area contributed by atoms with Crippen LogP contribution in [0.5, 0.6) is 5.75 Å². The first-order chi connectivity index (χ1) is 14.8. The zero-order chi connectivity index (χ0) is 22.3. The first-order valence-corrected chi connectivity index (χ1v) is 9.84. The quantitative estimate of drug-likeness (QED) is 0.364. The maximum absolute atomic E-state index is 13.1. The Labute approximate surface area is 183 Å². The Morgan fingerprint density at radius 2 is 1.94 bits per heavy atom. The summed E-state index contributed by atoms with van der Waals surface area (Å²) in [6, 6.07) is 12.4. The van der Waals surface area contributed by atoms with Crippen molar-refractivity contribution in [1.82, 2.24) is 5.16 Å². The van der Waals surface area contributed by atoms with Gasteiger partial charge in [-0.05, 0) is 55.3 Å². The third-order valence-corrected chi connectivity index (χ3v) is 5.37. The highest BCUT2D eigenvalue weighted by Crippen LogP contribution is 2.42. The predicted molar refractivity (Wildman–Crippen MR) is 115 cm³/mol. The number of hydrogen-bond acceptors (Lipinski definition) is 6. The van der Waals surface area contributed by atoms with Crippen molar-refractivity contribution in [3.63, 3.8) is 0 Å². The molecule has 2 aromatic carbocycles. The molecule has 1 aliphatic heterocycles. The number of hydrogen-bond donors (Lipinski definition) is 1. The fraction of sp³-hybridized carbons (Fsp3) is 0.174. The number of nitrogens with zero attached hydrogens (tertiary/aromatic N) is 2. The Hall–Kier alpha value is -3.58. The van der Waals surface area contributed by atoms with Gasteiger partial charge in [0.25, 0.3) is 5.78 Å². The number of methoxy groups -OCH3 is 1. The number of Topliss-reactive ketones (excluding diaryl/α,β-unsaturated/α-hetero) is 1. The molecule has 2 heterocycles. The van der Waals surface area contributed by atoms with Crippen LogP contribution < -0.4 is 9.64 Å². The van der Waals surface area contributed by atoms with Crippen molar-refractivity contribution in [1.29, 1.82) is 0 Å². The average Bonchev–Trinajstić information content (AvgIpc) is 3.28. The molecule has 1 aliphatic rings. The monoisotopic (exact) mass is 438 g/mol. The van der Waals surface area contributed by atoms with E-state index in [1.807, 2.05) is 6.92 Å². The summed E-state index contributed by atoms with van der Waals surface area (Å²) in [5.41, 5.74) is 1.66. The van der Waals surface area contributed by atoms with Gasteiger partial charge < -0.3 is 14.4 Å². The van der Waals surface area contributed by atoms with E-state index in [1.54, 1.807) is 62.6 Å². The Morgan fingerprint density at radius 3 is 2.55 bits per heavy atom. The molecule has 3 aromatic rings. The summed E-state index contributed by atoms with van der Waals surface area (Å²) in [5.74, 6) is -0.637. The molecule has 0 saturated carbocycles. The molecule has 1 amide bonds. The molecular weight excluding hydrogens is 420 g/mol. The minimum Gasteiger partial charge on any atom is -0.507 e. The van der Waals surface area contributed by atoms with Crippen LogP contribution in [-0.4, -0.2) is 29.1 Å². The molecule has 1 fully saturated rings. The van der Waals surface area contributed by atoms with Crippen LogP contribution in [0.3, 0.4) is 0 Å². The number of rotatable bonds is 4. The van der Waals surface area contributed by atoms with Crippen molar-refractivity contribution < 1.29 is 24.0 Å². The van der Waals surface area contributed by atoms with Gasteiger partial charge in [-0.3, -0.25) is 14.5 Å². The molecule has 0 spiro atoms. The van der Waals surface area contributed by atoms with E-state index in [1.165, 1.54) is 4.90 Å². The Kier molecular flexibility index (Phi) is 5.29. The van der Waals surface area contributed by atoms with E-state index in [0.717, 1.165) is 5.56 Å². The SMILES string of the molecule is COc1ccc(/C(O)=C2\C(=O)C(=O)N(c3cc(C)on3)[C@H]2c2cccc(Cl)c2)cc1C. The van der Waals surface area contributed by atoms with Gasteiger partial charge in [-0.15, -0.1) is 0 Å². The lowest BCUT2D eigenvalue weighted by molar-refractivity contribution is -0.132. The number of aliphatic hydroxyl groups excluding tert-OH is 1. The van der Waals surface area contributed by atoms with Crippen LogP contribution in [0.2, 0.25) is 5.02 Å². The van der Waals surface area contributed by atoms with Crippen molar-refractivity contribution in [3.05, 3.63) is 81.6 Å². The first kappa shape index (κ1) is 20.7. The average molecular weight is 439 g/mol. The summed E-state index contributed by atoms with van der Waals surface area (Å²) in [5, 5.41) is 15.5. The second kappa shape index (κ2) is 7.92. The minimum atomic E-state index is -0.925. The van der Waals surface area contributed by atoms with Crippen LogP contribution in [0.1, 0.15) is 28.5 Å². The molecule has 1 N–H and O–H groups in total. The van der Waals surface area contributed by atoms with E-state index in [2.05, 4.69) is 5.16 Å². The van der Waals surface area contributed by atoms with Crippen molar-refractivity contribution in [2.24, 2.45) is 0 Å². The van der Waals surface area contributed by atoms with Crippen LogP contribution >= 0.6 is 11.6 Å². The molecule has 1 atom stereocenters. The van der Waals surface area contributed by atoms with Crippen molar-refractivity contribution >= 4 is 34.9 Å². The molecule has 0 radical (unpaired) electrons. The first-order valence-electron chi connectivity index (χ1n) is 9.46. The summed E-state index contributed by atoms with van der Waals surface area (Å²) in [4.78, 5) is 27.3. The van der Waals surface area contributed by atoms with Crippen LogP contribution in [0.25, 0.3) is 5.76 Å². The molecule has 31 heavy (non-hydrogen) atoms. The molecule has 1 saturated heterocycles. The number of ether oxygens (including phenoxy) is 1. The number of aromatic nitrogens is 1. The van der Waals surface area contributed by atoms with Crippen LogP contribution in [0.15, 0.2) is 58.6 Å². The number of aliphatic hydroxyl groups is 1. The number of halogens is 1. The lowest BCUT2D eigenvalue weighted by Gasteiger charge is -2.23. The van der Waals surface area contributed by atoms with Gasteiger partial charge in [0.05, 0.1) is 18.7 Å². The molecule has 0 bridgehead atoms. The molecule has 4 rings (SSSR count). The molecule has 7 nitrogen and oxygen atoms in total. The number of ketones is 1. The number of anilines is 1. The highest BCUT2D eigenvalue weighted by Gasteiger charge is 2.48. The number of carbonyl (C=O) groups excluding carboxylic acids is 2. The zero-order valence-corrected chi connectivity index (χ0v) is 17.8. The van der Waals surface area contributed by atoms with Crippen LogP contribution in [0.4, 0.5) is 5.82 Å². The maximum Gasteiger partial charge on any atom is 0.301 e. The lowest BCUT2D eigenvalue weighted by atomic mass is 9.95. The fourth-order valence-corrected chi connectivity index (χ4v) is 3.91. The highest BCUT2D eigenvalue weighted by atomic mass is 35.5. The second-order valence-electron chi connectivity index (χ2n) is 7.20. The standard InChI is InChI=1S/C23H19ClN2O5/c1-12-9-15(7-8-17(12)30-3)21(27)19-20(14-5-4-6-16(24)11-14)26(23(29)22(19)28)18-10-13(2)31-25-18/h4-11,20,27H,1-3H3/b21-19+/t20-/m0/s1. The highest BCUT2D eigenvalue weighted by molar-refractivity contribution is 6.51. The summed E-state index contributed by atoms with van der Waals surface area (Å²) in [6.07, 6.45) is 0. The zero-order valence-electron chi connectivity index (χ0n) is 17.0. The summed E-state index contributed by atoms with van der Waals surface area (Å²) in [6.45, 7) is 3.50. The molecule has 1 aromatic heterocycles. The van der Waals surface area contributed by atoms with Crippen molar-refractivity contribution in [2.75, 3.05) is 12.0 Å². The van der Waals surface area contributed by atoms with E-state index in [-0.39, 0.29) is 17.2 Å². The van der Waals surface area contributed by atoms with E-state index >= 15 is 0 Å². The Balaban J connectivity index is 1.94. The molecule has 158 valence electrons. The van der Waals surface area contributed by atoms with Crippen molar-refractivity contribution in [3.8, 4) is 5.75 Å². The Bertz CT molecular complexity index is 1230. The molecular formula is C23H19ClN2O5. The van der Waals surface area contributed by atoms with Crippen LogP contribution in [-0.2, 0) is 9.59 Å². The van der Waals surface area contributed by atoms with Gasteiger partial charge in [0.1, 0.15) is 17.3 Å². The molecule has 8 heteroatoms. The minimum absolute atomic E-state index is 0.0579.